The van der Waals surface area contributed by atoms with Crippen LogP contribution in [0.15, 0.2) is 54.9 Å². The molecule has 0 unspecified atom stereocenters. The number of likely N-dealkylation sites (N-methyl/N-ethyl adjacent to an activating group) is 1. The number of fused-ring (bicyclic) bond motifs is 1. The minimum Gasteiger partial charge on any atom is -0.369 e. The van der Waals surface area contributed by atoms with Crippen molar-refractivity contribution in [3.05, 3.63) is 60.6 Å². The maximum absolute atomic E-state index is 12.7. The van der Waals surface area contributed by atoms with E-state index >= 15 is 0 Å². The maximum Gasteiger partial charge on any atom is 0.274 e. The second-order valence-corrected chi connectivity index (χ2v) is 6.50. The van der Waals surface area contributed by atoms with Gasteiger partial charge in [0, 0.05) is 43.8 Å². The number of nitrogens with zero attached hydrogens (tertiary/aromatic N) is 4. The Hall–Kier alpha value is -2.86. The number of hydrogen-bond donors (Lipinski definition) is 1. The number of rotatable bonds is 4. The van der Waals surface area contributed by atoms with Gasteiger partial charge in [-0.1, -0.05) is 19.1 Å². The molecule has 1 aromatic carbocycles. The Kier molecular flexibility index (Phi) is 4.58. The molecule has 0 bridgehead atoms. The van der Waals surface area contributed by atoms with Gasteiger partial charge >= 0.3 is 0 Å². The summed E-state index contributed by atoms with van der Waals surface area (Å²) >= 11 is 0. The molecule has 26 heavy (non-hydrogen) atoms. The first-order valence-electron chi connectivity index (χ1n) is 9.05. The van der Waals surface area contributed by atoms with Crippen molar-refractivity contribution in [2.45, 2.75) is 6.92 Å². The SMILES string of the molecule is CCN1CCN(c2cccc(NC(=O)c3cnc4ccccn34)c2)CC1. The van der Waals surface area contributed by atoms with Crippen LogP contribution in [0.4, 0.5) is 11.4 Å². The third-order valence-corrected chi connectivity index (χ3v) is 4.94. The molecular formula is C20H23N5O. The van der Waals surface area contributed by atoms with Gasteiger partial charge in [-0.2, -0.15) is 0 Å². The molecule has 1 aliphatic heterocycles. The molecule has 1 saturated heterocycles. The number of carbonyl (C=O) groups excluding carboxylic acids is 1. The molecule has 1 amide bonds. The van der Waals surface area contributed by atoms with Crippen molar-refractivity contribution in [2.24, 2.45) is 0 Å². The van der Waals surface area contributed by atoms with E-state index in [1.165, 1.54) is 0 Å². The van der Waals surface area contributed by atoms with Crippen LogP contribution in [0.25, 0.3) is 5.65 Å². The van der Waals surface area contributed by atoms with E-state index in [-0.39, 0.29) is 5.91 Å². The largest absolute Gasteiger partial charge is 0.369 e. The summed E-state index contributed by atoms with van der Waals surface area (Å²) in [4.78, 5) is 21.8. The highest BCUT2D eigenvalue weighted by atomic mass is 16.1. The minimum atomic E-state index is -0.156. The van der Waals surface area contributed by atoms with Crippen LogP contribution in [0.3, 0.4) is 0 Å². The molecule has 0 saturated carbocycles. The van der Waals surface area contributed by atoms with Gasteiger partial charge in [-0.3, -0.25) is 9.20 Å². The highest BCUT2D eigenvalue weighted by Crippen LogP contribution is 2.21. The van der Waals surface area contributed by atoms with E-state index in [0.717, 1.165) is 49.7 Å². The average molecular weight is 349 g/mol. The fraction of sp³-hybridized carbons (Fsp3) is 0.300. The van der Waals surface area contributed by atoms with Gasteiger partial charge in [0.15, 0.2) is 0 Å². The molecule has 3 aromatic rings. The van der Waals surface area contributed by atoms with Crippen LogP contribution in [0.5, 0.6) is 0 Å². The van der Waals surface area contributed by atoms with Gasteiger partial charge in [-0.05, 0) is 36.9 Å². The predicted molar refractivity (Wildman–Crippen MR) is 104 cm³/mol. The van der Waals surface area contributed by atoms with Gasteiger partial charge in [0.2, 0.25) is 0 Å². The average Bonchev–Trinajstić information content (AvgIpc) is 3.12. The molecule has 134 valence electrons. The number of benzene rings is 1. The number of nitrogens with one attached hydrogen (secondary N) is 1. The highest BCUT2D eigenvalue weighted by molar-refractivity contribution is 6.03. The van der Waals surface area contributed by atoms with Gasteiger partial charge in [-0.15, -0.1) is 0 Å². The van der Waals surface area contributed by atoms with Gasteiger partial charge in [0.05, 0.1) is 6.20 Å². The number of hydrogen-bond acceptors (Lipinski definition) is 4. The predicted octanol–water partition coefficient (Wildman–Crippen LogP) is 2.73. The summed E-state index contributed by atoms with van der Waals surface area (Å²) in [7, 11) is 0. The molecule has 6 nitrogen and oxygen atoms in total. The van der Waals surface area contributed by atoms with Crippen molar-refractivity contribution in [3.8, 4) is 0 Å². The number of piperazine rings is 1. The third-order valence-electron chi connectivity index (χ3n) is 4.94. The lowest BCUT2D eigenvalue weighted by Gasteiger charge is -2.35. The van der Waals surface area contributed by atoms with Crippen LogP contribution in [0.2, 0.25) is 0 Å². The first-order chi connectivity index (χ1) is 12.7. The van der Waals surface area contributed by atoms with Crippen molar-refractivity contribution in [1.29, 1.82) is 0 Å². The fourth-order valence-corrected chi connectivity index (χ4v) is 3.40. The van der Waals surface area contributed by atoms with Gasteiger partial charge in [-0.25, -0.2) is 4.98 Å². The number of imidazole rings is 1. The number of aromatic nitrogens is 2. The van der Waals surface area contributed by atoms with Crippen LogP contribution < -0.4 is 10.2 Å². The molecule has 1 fully saturated rings. The zero-order valence-electron chi connectivity index (χ0n) is 14.9. The summed E-state index contributed by atoms with van der Waals surface area (Å²) in [6, 6.07) is 13.7. The Bertz CT molecular complexity index is 911. The Balaban J connectivity index is 1.49. The first kappa shape index (κ1) is 16.6. The molecule has 6 heteroatoms. The maximum atomic E-state index is 12.7. The van der Waals surface area contributed by atoms with Gasteiger partial charge in [0.1, 0.15) is 11.3 Å². The lowest BCUT2D eigenvalue weighted by molar-refractivity contribution is 0.102. The zero-order chi connectivity index (χ0) is 17.9. The monoisotopic (exact) mass is 349 g/mol. The van der Waals surface area contributed by atoms with Crippen molar-refractivity contribution in [1.82, 2.24) is 14.3 Å². The molecule has 3 heterocycles. The number of anilines is 2. The van der Waals surface area contributed by atoms with E-state index in [0.29, 0.717) is 5.69 Å². The summed E-state index contributed by atoms with van der Waals surface area (Å²) < 4.78 is 1.79. The Labute approximate surface area is 153 Å². The van der Waals surface area contributed by atoms with Gasteiger partial charge < -0.3 is 15.1 Å². The third kappa shape index (κ3) is 3.28. The summed E-state index contributed by atoms with van der Waals surface area (Å²) in [6.45, 7) is 7.48. The zero-order valence-corrected chi connectivity index (χ0v) is 14.9. The molecule has 0 spiro atoms. The van der Waals surface area contributed by atoms with Crippen molar-refractivity contribution in [2.75, 3.05) is 42.9 Å². The Morgan fingerprint density at radius 2 is 1.96 bits per heavy atom. The standard InChI is InChI=1S/C20H23N5O/c1-2-23-10-12-24(13-11-23)17-7-5-6-16(14-17)22-20(26)18-15-21-19-8-3-4-9-25(18)19/h3-9,14-15H,2,10-13H2,1H3,(H,22,26). The highest BCUT2D eigenvalue weighted by Gasteiger charge is 2.17. The fourth-order valence-electron chi connectivity index (χ4n) is 3.40. The number of amides is 1. The smallest absolute Gasteiger partial charge is 0.274 e. The number of carbonyl (C=O) groups is 1. The van der Waals surface area contributed by atoms with Crippen LogP contribution in [-0.4, -0.2) is 52.9 Å². The Morgan fingerprint density at radius 3 is 2.77 bits per heavy atom. The molecule has 4 rings (SSSR count). The van der Waals surface area contributed by atoms with Crippen LogP contribution in [-0.2, 0) is 0 Å². The summed E-state index contributed by atoms with van der Waals surface area (Å²) in [5, 5.41) is 3.00. The minimum absolute atomic E-state index is 0.156. The summed E-state index contributed by atoms with van der Waals surface area (Å²) in [5.41, 5.74) is 3.25. The normalized spacial score (nSPS) is 15.3. The Morgan fingerprint density at radius 1 is 1.12 bits per heavy atom. The lowest BCUT2D eigenvalue weighted by atomic mass is 10.2. The van der Waals surface area contributed by atoms with Crippen LogP contribution in [0.1, 0.15) is 17.4 Å². The van der Waals surface area contributed by atoms with E-state index < -0.39 is 0 Å². The van der Waals surface area contributed by atoms with E-state index in [2.05, 4.69) is 33.1 Å². The summed E-state index contributed by atoms with van der Waals surface area (Å²) in [5.74, 6) is -0.156. The molecule has 1 N–H and O–H groups in total. The molecule has 0 atom stereocenters. The topological polar surface area (TPSA) is 52.9 Å². The molecule has 0 radical (unpaired) electrons. The molecule has 2 aromatic heterocycles. The van der Waals surface area contributed by atoms with E-state index in [4.69, 9.17) is 0 Å². The lowest BCUT2D eigenvalue weighted by Crippen LogP contribution is -2.46. The van der Waals surface area contributed by atoms with Crippen LogP contribution in [0, 0.1) is 0 Å². The number of pyridine rings is 1. The van der Waals surface area contributed by atoms with E-state index in [1.807, 2.05) is 42.6 Å². The molecular weight excluding hydrogens is 326 g/mol. The van der Waals surface area contributed by atoms with E-state index in [9.17, 15) is 4.79 Å². The van der Waals surface area contributed by atoms with Crippen LogP contribution >= 0.6 is 0 Å². The first-order valence-corrected chi connectivity index (χ1v) is 9.05. The van der Waals surface area contributed by atoms with E-state index in [1.54, 1.807) is 10.6 Å². The second kappa shape index (κ2) is 7.17. The van der Waals surface area contributed by atoms with Crippen molar-refractivity contribution >= 4 is 22.9 Å². The molecule has 0 aliphatic carbocycles. The quantitative estimate of drug-likeness (QED) is 0.787. The second-order valence-electron chi connectivity index (χ2n) is 6.50. The van der Waals surface area contributed by atoms with Crippen molar-refractivity contribution < 1.29 is 4.79 Å². The molecule has 1 aliphatic rings. The van der Waals surface area contributed by atoms with Gasteiger partial charge in [0.25, 0.3) is 5.91 Å². The summed E-state index contributed by atoms with van der Waals surface area (Å²) in [6.07, 6.45) is 3.46. The van der Waals surface area contributed by atoms with Crippen molar-refractivity contribution in [3.63, 3.8) is 0 Å².